The van der Waals surface area contributed by atoms with Gasteiger partial charge in [-0.15, -0.1) is 0 Å². The van der Waals surface area contributed by atoms with Crippen LogP contribution < -0.4 is 15.8 Å². The molecule has 92 valence electrons. The van der Waals surface area contributed by atoms with E-state index in [0.29, 0.717) is 22.7 Å². The minimum absolute atomic E-state index is 0.112. The molecule has 0 aliphatic rings. The quantitative estimate of drug-likeness (QED) is 0.621. The van der Waals surface area contributed by atoms with Gasteiger partial charge in [0.2, 0.25) is 0 Å². The molecular formula is C13H18N2O2. The van der Waals surface area contributed by atoms with Gasteiger partial charge >= 0.3 is 0 Å². The Labute approximate surface area is 101 Å². The topological polar surface area (TPSA) is 64.4 Å². The molecule has 0 heterocycles. The molecule has 3 N–H and O–H groups in total. The number of nitrogens with two attached hydrogens (primary N) is 1. The molecular weight excluding hydrogens is 216 g/mol. The maximum Gasteiger partial charge on any atom is 0.250 e. The van der Waals surface area contributed by atoms with E-state index in [1.54, 1.807) is 32.2 Å². The van der Waals surface area contributed by atoms with Crippen molar-refractivity contribution in [2.75, 3.05) is 18.2 Å². The highest BCUT2D eigenvalue weighted by Gasteiger charge is 2.06. The highest BCUT2D eigenvalue weighted by atomic mass is 16.5. The lowest BCUT2D eigenvalue weighted by atomic mass is 10.2. The molecule has 0 aliphatic carbocycles. The second kappa shape index (κ2) is 5.94. The summed E-state index contributed by atoms with van der Waals surface area (Å²) in [5.74, 6) is 0.443. The maximum atomic E-state index is 11.7. The van der Waals surface area contributed by atoms with Crippen LogP contribution in [0.4, 0.5) is 11.4 Å². The van der Waals surface area contributed by atoms with Gasteiger partial charge < -0.3 is 15.8 Å². The number of methoxy groups -OCH3 is 1. The molecule has 0 spiro atoms. The van der Waals surface area contributed by atoms with Crippen LogP contribution >= 0.6 is 0 Å². The van der Waals surface area contributed by atoms with Crippen molar-refractivity contribution in [3.05, 3.63) is 29.8 Å². The van der Waals surface area contributed by atoms with Crippen molar-refractivity contribution in [1.82, 2.24) is 0 Å². The van der Waals surface area contributed by atoms with Gasteiger partial charge in [0.05, 0.1) is 12.8 Å². The van der Waals surface area contributed by atoms with Crippen LogP contribution in [0.15, 0.2) is 29.8 Å². The van der Waals surface area contributed by atoms with E-state index in [4.69, 9.17) is 10.5 Å². The van der Waals surface area contributed by atoms with E-state index in [-0.39, 0.29) is 5.91 Å². The van der Waals surface area contributed by atoms with Crippen LogP contribution in [0, 0.1) is 0 Å². The molecule has 1 aromatic rings. The fourth-order valence-electron chi connectivity index (χ4n) is 1.42. The number of benzene rings is 1. The minimum atomic E-state index is -0.112. The molecule has 0 atom stereocenters. The van der Waals surface area contributed by atoms with Crippen molar-refractivity contribution >= 4 is 17.3 Å². The van der Waals surface area contributed by atoms with E-state index in [1.807, 2.05) is 13.0 Å². The van der Waals surface area contributed by atoms with Crippen molar-refractivity contribution in [3.8, 4) is 5.75 Å². The fraction of sp³-hybridized carbons (Fsp3) is 0.308. The zero-order valence-electron chi connectivity index (χ0n) is 10.4. The van der Waals surface area contributed by atoms with Crippen LogP contribution in [0.25, 0.3) is 0 Å². The van der Waals surface area contributed by atoms with Crippen molar-refractivity contribution in [2.24, 2.45) is 0 Å². The minimum Gasteiger partial charge on any atom is -0.495 e. The molecule has 0 aromatic heterocycles. The molecule has 0 fully saturated rings. The largest absolute Gasteiger partial charge is 0.495 e. The first-order valence-electron chi connectivity index (χ1n) is 5.50. The Morgan fingerprint density at radius 2 is 2.24 bits per heavy atom. The van der Waals surface area contributed by atoms with E-state index in [1.165, 1.54) is 0 Å². The summed E-state index contributed by atoms with van der Waals surface area (Å²) in [5, 5.41) is 2.79. The predicted octanol–water partition coefficient (Wildman–Crippen LogP) is 2.57. The zero-order valence-corrected chi connectivity index (χ0v) is 10.4. The third-order valence-electron chi connectivity index (χ3n) is 2.36. The number of hydrogen-bond donors (Lipinski definition) is 2. The Bertz CT molecular complexity index is 439. The third-order valence-corrected chi connectivity index (χ3v) is 2.36. The number of nitrogen functional groups attached to an aromatic ring is 1. The number of anilines is 2. The van der Waals surface area contributed by atoms with Gasteiger partial charge in [0.1, 0.15) is 5.75 Å². The molecule has 0 aliphatic heterocycles. The summed E-state index contributed by atoms with van der Waals surface area (Å²) in [4.78, 5) is 11.7. The summed E-state index contributed by atoms with van der Waals surface area (Å²) < 4.78 is 5.08. The lowest BCUT2D eigenvalue weighted by molar-refractivity contribution is -0.112. The van der Waals surface area contributed by atoms with Crippen molar-refractivity contribution in [3.63, 3.8) is 0 Å². The van der Waals surface area contributed by atoms with Crippen LogP contribution in [0.5, 0.6) is 5.75 Å². The smallest absolute Gasteiger partial charge is 0.250 e. The van der Waals surface area contributed by atoms with Crippen LogP contribution in [-0.2, 0) is 4.79 Å². The Morgan fingerprint density at radius 1 is 1.53 bits per heavy atom. The average Bonchev–Trinajstić information content (AvgIpc) is 2.31. The van der Waals surface area contributed by atoms with Gasteiger partial charge in [0, 0.05) is 17.3 Å². The molecule has 1 aromatic carbocycles. The summed E-state index contributed by atoms with van der Waals surface area (Å²) in [6, 6.07) is 5.15. The van der Waals surface area contributed by atoms with Crippen molar-refractivity contribution in [2.45, 2.75) is 20.3 Å². The molecule has 0 saturated heterocycles. The van der Waals surface area contributed by atoms with E-state index in [9.17, 15) is 4.79 Å². The number of nitrogens with one attached hydrogen (secondary N) is 1. The summed E-state index contributed by atoms with van der Waals surface area (Å²) in [7, 11) is 1.54. The lowest BCUT2D eigenvalue weighted by Crippen LogP contribution is -2.12. The molecule has 0 bridgehead atoms. The number of ether oxygens (including phenoxy) is 1. The number of allylic oxidation sites excluding steroid dienone is 1. The number of rotatable bonds is 4. The third kappa shape index (κ3) is 3.52. The van der Waals surface area contributed by atoms with Gasteiger partial charge in [-0.1, -0.05) is 13.0 Å². The monoisotopic (exact) mass is 234 g/mol. The van der Waals surface area contributed by atoms with Gasteiger partial charge in [-0.2, -0.15) is 0 Å². The Kier molecular flexibility index (Phi) is 4.57. The summed E-state index contributed by atoms with van der Waals surface area (Å²) in [6.45, 7) is 3.77. The SMILES string of the molecule is CC/C=C(/C)C(=O)Nc1ccc(N)c(OC)c1. The van der Waals surface area contributed by atoms with Gasteiger partial charge in [0.25, 0.3) is 5.91 Å². The molecule has 0 saturated carbocycles. The second-order valence-electron chi connectivity index (χ2n) is 3.71. The van der Waals surface area contributed by atoms with Gasteiger partial charge in [-0.05, 0) is 25.5 Å². The number of carbonyl (C=O) groups is 1. The van der Waals surface area contributed by atoms with E-state index >= 15 is 0 Å². The standard InChI is InChI=1S/C13H18N2O2/c1-4-5-9(2)13(16)15-10-6-7-11(14)12(8-10)17-3/h5-8H,4,14H2,1-3H3,(H,15,16)/b9-5-. The highest BCUT2D eigenvalue weighted by Crippen LogP contribution is 2.25. The van der Waals surface area contributed by atoms with Crippen molar-refractivity contribution < 1.29 is 9.53 Å². The van der Waals surface area contributed by atoms with Gasteiger partial charge in [-0.3, -0.25) is 4.79 Å². The predicted molar refractivity (Wildman–Crippen MR) is 70.1 cm³/mol. The second-order valence-corrected chi connectivity index (χ2v) is 3.71. The highest BCUT2D eigenvalue weighted by molar-refractivity contribution is 6.03. The lowest BCUT2D eigenvalue weighted by Gasteiger charge is -2.09. The van der Waals surface area contributed by atoms with Crippen LogP contribution in [0.1, 0.15) is 20.3 Å². The van der Waals surface area contributed by atoms with Crippen LogP contribution in [0.3, 0.4) is 0 Å². The van der Waals surface area contributed by atoms with Gasteiger partial charge in [0.15, 0.2) is 0 Å². The van der Waals surface area contributed by atoms with E-state index < -0.39 is 0 Å². The first-order valence-corrected chi connectivity index (χ1v) is 5.50. The molecule has 0 radical (unpaired) electrons. The Balaban J connectivity index is 2.82. The average molecular weight is 234 g/mol. The zero-order chi connectivity index (χ0) is 12.8. The molecule has 1 rings (SSSR count). The first-order chi connectivity index (χ1) is 8.08. The van der Waals surface area contributed by atoms with Gasteiger partial charge in [-0.25, -0.2) is 0 Å². The fourth-order valence-corrected chi connectivity index (χ4v) is 1.42. The first kappa shape index (κ1) is 13.1. The van der Waals surface area contributed by atoms with Crippen LogP contribution in [-0.4, -0.2) is 13.0 Å². The molecule has 4 nitrogen and oxygen atoms in total. The summed E-state index contributed by atoms with van der Waals surface area (Å²) >= 11 is 0. The maximum absolute atomic E-state index is 11.7. The Hall–Kier alpha value is -1.97. The van der Waals surface area contributed by atoms with Crippen molar-refractivity contribution in [1.29, 1.82) is 0 Å². The Morgan fingerprint density at radius 3 is 2.82 bits per heavy atom. The number of hydrogen-bond acceptors (Lipinski definition) is 3. The van der Waals surface area contributed by atoms with Crippen LogP contribution in [0.2, 0.25) is 0 Å². The summed E-state index contributed by atoms with van der Waals surface area (Å²) in [6.07, 6.45) is 2.72. The van der Waals surface area contributed by atoms with E-state index in [0.717, 1.165) is 6.42 Å². The molecule has 0 unspecified atom stereocenters. The molecule has 1 amide bonds. The molecule has 17 heavy (non-hydrogen) atoms. The normalized spacial score (nSPS) is 11.1. The number of carbonyl (C=O) groups excluding carboxylic acids is 1. The number of amides is 1. The summed E-state index contributed by atoms with van der Waals surface area (Å²) in [5.41, 5.74) is 7.61. The molecule has 4 heteroatoms. The van der Waals surface area contributed by atoms with E-state index in [2.05, 4.69) is 5.32 Å².